The van der Waals surface area contributed by atoms with Gasteiger partial charge in [-0.25, -0.2) is 9.37 Å². The second-order valence-electron chi connectivity index (χ2n) is 8.02. The zero-order valence-corrected chi connectivity index (χ0v) is 17.5. The molecule has 0 saturated carbocycles. The molecule has 2 aliphatic heterocycles. The highest BCUT2D eigenvalue weighted by atomic mass is 19.1. The first-order valence-electron chi connectivity index (χ1n) is 10.8. The number of rotatable bonds is 7. The van der Waals surface area contributed by atoms with Crippen LogP contribution in [-0.4, -0.2) is 66.7 Å². The Balaban J connectivity index is 1.53. The molecule has 3 heterocycles. The van der Waals surface area contributed by atoms with Gasteiger partial charge in [-0.15, -0.1) is 0 Å². The van der Waals surface area contributed by atoms with Crippen molar-refractivity contribution in [2.75, 3.05) is 50.8 Å². The van der Waals surface area contributed by atoms with E-state index < -0.39 is 6.04 Å². The minimum Gasteiger partial charge on any atom is -0.378 e. The summed E-state index contributed by atoms with van der Waals surface area (Å²) >= 11 is 0. The molecule has 1 amide bonds. The maximum Gasteiger partial charge on any atom is 0.252 e. The highest BCUT2D eigenvalue weighted by Crippen LogP contribution is 2.19. The molecule has 2 aliphatic rings. The summed E-state index contributed by atoms with van der Waals surface area (Å²) in [6, 6.07) is 7.10. The molecule has 166 valence electrons. The van der Waals surface area contributed by atoms with Gasteiger partial charge < -0.3 is 15.0 Å². The summed E-state index contributed by atoms with van der Waals surface area (Å²) in [5.74, 6) is 0.0799. The number of nitrogens with one attached hydrogen (secondary N) is 2. The molecule has 2 N–H and O–H groups in total. The molecule has 0 unspecified atom stereocenters. The van der Waals surface area contributed by atoms with Crippen molar-refractivity contribution < 1.29 is 13.9 Å². The zero-order valence-electron chi connectivity index (χ0n) is 17.5. The van der Waals surface area contributed by atoms with Gasteiger partial charge in [0.1, 0.15) is 5.82 Å². The molecule has 4 rings (SSSR count). The third-order valence-electron chi connectivity index (χ3n) is 5.68. The summed E-state index contributed by atoms with van der Waals surface area (Å²) in [5, 5.41) is 3.06. The molecule has 2 aromatic rings. The molecule has 1 atom stereocenters. The quantitative estimate of drug-likeness (QED) is 0.688. The van der Waals surface area contributed by atoms with Crippen LogP contribution in [0.15, 0.2) is 35.1 Å². The molecule has 2 saturated heterocycles. The normalized spacial score (nSPS) is 18.2. The number of morpholine rings is 1. The minimum atomic E-state index is -0.414. The molecule has 31 heavy (non-hydrogen) atoms. The number of carbonyl (C=O) groups excluding carboxylic acids is 1. The van der Waals surface area contributed by atoms with E-state index in [-0.39, 0.29) is 17.3 Å². The molecule has 2 fully saturated rings. The van der Waals surface area contributed by atoms with E-state index in [1.807, 2.05) is 4.90 Å². The number of amides is 1. The van der Waals surface area contributed by atoms with E-state index in [4.69, 9.17) is 4.74 Å². The molecular formula is C22H28FN5O3. The maximum absolute atomic E-state index is 13.5. The van der Waals surface area contributed by atoms with Crippen molar-refractivity contribution in [1.29, 1.82) is 0 Å². The number of benzene rings is 1. The Morgan fingerprint density at radius 2 is 1.87 bits per heavy atom. The molecule has 8 nitrogen and oxygen atoms in total. The number of hydrogen-bond acceptors (Lipinski definition) is 6. The van der Waals surface area contributed by atoms with Gasteiger partial charge in [0.05, 0.1) is 31.5 Å². The van der Waals surface area contributed by atoms with E-state index in [1.54, 1.807) is 12.1 Å². The van der Waals surface area contributed by atoms with Crippen LogP contribution in [0, 0.1) is 5.82 Å². The van der Waals surface area contributed by atoms with Crippen LogP contribution in [0.25, 0.3) is 0 Å². The van der Waals surface area contributed by atoms with Gasteiger partial charge in [-0.2, -0.15) is 0 Å². The van der Waals surface area contributed by atoms with Crippen molar-refractivity contribution in [3.05, 3.63) is 57.8 Å². The third kappa shape index (κ3) is 5.89. The topological polar surface area (TPSA) is 90.6 Å². The average Bonchev–Trinajstić information content (AvgIpc) is 3.27. The van der Waals surface area contributed by atoms with Crippen molar-refractivity contribution in [2.24, 2.45) is 0 Å². The van der Waals surface area contributed by atoms with Gasteiger partial charge in [-0.05, 0) is 43.6 Å². The number of carbonyl (C=O) groups is 1. The Hall–Kier alpha value is -2.78. The number of aromatic amines is 1. The van der Waals surface area contributed by atoms with E-state index in [2.05, 4.69) is 20.2 Å². The van der Waals surface area contributed by atoms with Gasteiger partial charge in [0.25, 0.3) is 5.56 Å². The molecular weight excluding hydrogens is 401 g/mol. The maximum atomic E-state index is 13.5. The number of H-pyrrole nitrogens is 1. The lowest BCUT2D eigenvalue weighted by Crippen LogP contribution is -2.39. The van der Waals surface area contributed by atoms with Crippen molar-refractivity contribution in [3.63, 3.8) is 0 Å². The summed E-state index contributed by atoms with van der Waals surface area (Å²) < 4.78 is 18.8. The second kappa shape index (κ2) is 10.0. The second-order valence-corrected chi connectivity index (χ2v) is 8.02. The lowest BCUT2D eigenvalue weighted by atomic mass is 10.0. The first-order chi connectivity index (χ1) is 15.1. The van der Waals surface area contributed by atoms with E-state index in [0.717, 1.165) is 31.5 Å². The van der Waals surface area contributed by atoms with Gasteiger partial charge in [-0.1, -0.05) is 12.1 Å². The predicted octanol–water partition coefficient (Wildman–Crippen LogP) is 1.24. The Kier molecular flexibility index (Phi) is 6.93. The number of ether oxygens (including phenoxy) is 1. The van der Waals surface area contributed by atoms with Gasteiger partial charge in [0.15, 0.2) is 0 Å². The number of likely N-dealkylation sites (tertiary alicyclic amines) is 1. The van der Waals surface area contributed by atoms with Crippen LogP contribution in [-0.2, 0) is 16.0 Å². The Morgan fingerprint density at radius 3 is 2.58 bits per heavy atom. The largest absolute Gasteiger partial charge is 0.378 e. The smallest absolute Gasteiger partial charge is 0.252 e. The molecule has 9 heteroatoms. The van der Waals surface area contributed by atoms with Crippen LogP contribution in [0.5, 0.6) is 0 Å². The summed E-state index contributed by atoms with van der Waals surface area (Å²) in [6.07, 6.45) is 2.55. The first-order valence-corrected chi connectivity index (χ1v) is 10.8. The number of aromatic nitrogens is 2. The van der Waals surface area contributed by atoms with Crippen LogP contribution < -0.4 is 15.8 Å². The summed E-state index contributed by atoms with van der Waals surface area (Å²) in [6.45, 7) is 4.65. The number of anilines is 1. The molecule has 0 radical (unpaired) electrons. The van der Waals surface area contributed by atoms with Crippen LogP contribution >= 0.6 is 0 Å². The van der Waals surface area contributed by atoms with Gasteiger partial charge in [0, 0.05) is 25.6 Å². The number of hydrogen-bond donors (Lipinski definition) is 2. The summed E-state index contributed by atoms with van der Waals surface area (Å²) in [7, 11) is 0. The van der Waals surface area contributed by atoms with Crippen molar-refractivity contribution in [3.8, 4) is 0 Å². The highest BCUT2D eigenvalue weighted by molar-refractivity contribution is 5.78. The SMILES string of the molecule is O=C(CN1CCCC1)N[C@@H](Cc1cc(=O)[nH]c(N2CCOCC2)n1)c1ccc(F)cc1. The van der Waals surface area contributed by atoms with E-state index in [9.17, 15) is 14.0 Å². The number of nitrogens with zero attached hydrogens (tertiary/aromatic N) is 3. The lowest BCUT2D eigenvalue weighted by molar-refractivity contribution is -0.122. The summed E-state index contributed by atoms with van der Waals surface area (Å²) in [4.78, 5) is 36.5. The van der Waals surface area contributed by atoms with Crippen molar-refractivity contribution in [1.82, 2.24) is 20.2 Å². The van der Waals surface area contributed by atoms with Crippen LogP contribution in [0.1, 0.15) is 30.1 Å². The van der Waals surface area contributed by atoms with Gasteiger partial charge >= 0.3 is 0 Å². The number of halogens is 1. The first kappa shape index (κ1) is 21.5. The van der Waals surface area contributed by atoms with Crippen molar-refractivity contribution in [2.45, 2.75) is 25.3 Å². The molecule has 0 aliphatic carbocycles. The van der Waals surface area contributed by atoms with Crippen LogP contribution in [0.2, 0.25) is 0 Å². The fourth-order valence-electron chi connectivity index (χ4n) is 4.06. The Labute approximate surface area is 180 Å². The standard InChI is InChI=1S/C22H28FN5O3/c23-17-5-3-16(4-6-17)19(25-21(30)15-27-7-1-2-8-27)13-18-14-20(29)26-22(24-18)28-9-11-31-12-10-28/h3-6,14,19H,1-2,7-13,15H2,(H,25,30)(H,24,26,29)/t19-/m0/s1. The molecule has 1 aromatic heterocycles. The van der Waals surface area contributed by atoms with Gasteiger partial charge in [0.2, 0.25) is 11.9 Å². The molecule has 0 spiro atoms. The minimum absolute atomic E-state index is 0.0885. The lowest BCUT2D eigenvalue weighted by Gasteiger charge is -2.27. The highest BCUT2D eigenvalue weighted by Gasteiger charge is 2.21. The van der Waals surface area contributed by atoms with E-state index in [1.165, 1.54) is 18.2 Å². The van der Waals surface area contributed by atoms with Gasteiger partial charge in [-0.3, -0.25) is 19.5 Å². The van der Waals surface area contributed by atoms with E-state index >= 15 is 0 Å². The fourth-order valence-corrected chi connectivity index (χ4v) is 4.06. The van der Waals surface area contributed by atoms with Crippen LogP contribution in [0.3, 0.4) is 0 Å². The summed E-state index contributed by atoms with van der Waals surface area (Å²) in [5.41, 5.74) is 1.10. The third-order valence-corrected chi connectivity index (χ3v) is 5.68. The fraction of sp³-hybridized carbons (Fsp3) is 0.500. The Bertz CT molecular complexity index is 937. The molecule has 1 aromatic carbocycles. The van der Waals surface area contributed by atoms with E-state index in [0.29, 0.717) is 50.9 Å². The zero-order chi connectivity index (χ0) is 21.6. The molecule has 0 bridgehead atoms. The monoisotopic (exact) mass is 429 g/mol. The predicted molar refractivity (Wildman–Crippen MR) is 115 cm³/mol. The average molecular weight is 429 g/mol. The van der Waals surface area contributed by atoms with Crippen LogP contribution in [0.4, 0.5) is 10.3 Å². The van der Waals surface area contributed by atoms with Crippen molar-refractivity contribution >= 4 is 11.9 Å². The Morgan fingerprint density at radius 1 is 1.16 bits per heavy atom.